The minimum atomic E-state index is -0.143. The van der Waals surface area contributed by atoms with E-state index in [1.54, 1.807) is 5.57 Å². The Morgan fingerprint density at radius 3 is 2.87 bits per heavy atom. The van der Waals surface area contributed by atoms with Crippen LogP contribution >= 0.6 is 0 Å². The highest BCUT2D eigenvalue weighted by atomic mass is 16.3. The second-order valence-corrected chi connectivity index (χ2v) is 5.34. The van der Waals surface area contributed by atoms with Crippen LogP contribution in [0.3, 0.4) is 0 Å². The fourth-order valence-corrected chi connectivity index (χ4v) is 3.27. The lowest BCUT2D eigenvalue weighted by atomic mass is 9.74. The smallest absolute Gasteiger partial charge is 0.0723 e. The van der Waals surface area contributed by atoms with Crippen LogP contribution in [-0.4, -0.2) is 11.2 Å². The fourth-order valence-electron chi connectivity index (χ4n) is 3.27. The van der Waals surface area contributed by atoms with E-state index in [1.807, 2.05) is 0 Å². The monoisotopic (exact) mass is 208 g/mol. The van der Waals surface area contributed by atoms with E-state index in [1.165, 1.54) is 44.9 Å². The van der Waals surface area contributed by atoms with E-state index in [0.29, 0.717) is 0 Å². The second-order valence-electron chi connectivity index (χ2n) is 5.34. The Bertz CT molecular complexity index is 231. The molecule has 0 heterocycles. The molecule has 3 unspecified atom stereocenters. The summed E-state index contributed by atoms with van der Waals surface area (Å²) in [6.45, 7) is 2.32. The molecule has 0 aromatic carbocycles. The number of allylic oxidation sites excluding steroid dienone is 1. The Kier molecular flexibility index (Phi) is 3.85. The first kappa shape index (κ1) is 11.2. The van der Waals surface area contributed by atoms with Crippen molar-refractivity contribution >= 4 is 0 Å². The van der Waals surface area contributed by atoms with Crippen molar-refractivity contribution in [2.75, 3.05) is 0 Å². The first-order chi connectivity index (χ1) is 7.29. The summed E-state index contributed by atoms with van der Waals surface area (Å²) in [5.74, 6) is 1.75. The van der Waals surface area contributed by atoms with E-state index in [-0.39, 0.29) is 6.10 Å². The maximum Gasteiger partial charge on any atom is 0.0723 e. The van der Waals surface area contributed by atoms with Gasteiger partial charge in [0.1, 0.15) is 0 Å². The highest BCUT2D eigenvalue weighted by Gasteiger charge is 2.25. The van der Waals surface area contributed by atoms with Crippen molar-refractivity contribution in [2.24, 2.45) is 11.8 Å². The summed E-state index contributed by atoms with van der Waals surface area (Å²) >= 11 is 0. The summed E-state index contributed by atoms with van der Waals surface area (Å²) in [4.78, 5) is 0. The van der Waals surface area contributed by atoms with Crippen molar-refractivity contribution in [2.45, 2.75) is 64.4 Å². The van der Waals surface area contributed by atoms with Gasteiger partial charge >= 0.3 is 0 Å². The number of aliphatic hydroxyl groups is 1. The number of aliphatic hydroxyl groups excluding tert-OH is 1. The lowest BCUT2D eigenvalue weighted by molar-refractivity contribution is 0.194. The van der Waals surface area contributed by atoms with Gasteiger partial charge in [-0.1, -0.05) is 37.8 Å². The van der Waals surface area contributed by atoms with Crippen molar-refractivity contribution in [3.8, 4) is 0 Å². The molecular formula is C14H24O. The quantitative estimate of drug-likeness (QED) is 0.686. The van der Waals surface area contributed by atoms with Crippen LogP contribution in [0.15, 0.2) is 11.6 Å². The molecule has 2 aliphatic rings. The third kappa shape index (κ3) is 2.84. The lowest BCUT2D eigenvalue weighted by Gasteiger charge is -2.32. The molecule has 1 heteroatoms. The minimum absolute atomic E-state index is 0.143. The number of rotatable bonds is 2. The number of hydrogen-bond acceptors (Lipinski definition) is 1. The minimum Gasteiger partial charge on any atom is -0.389 e. The average molecular weight is 208 g/mol. The van der Waals surface area contributed by atoms with Gasteiger partial charge < -0.3 is 5.11 Å². The highest BCUT2D eigenvalue weighted by molar-refractivity contribution is 5.13. The van der Waals surface area contributed by atoms with Gasteiger partial charge in [0.05, 0.1) is 6.10 Å². The molecule has 86 valence electrons. The zero-order valence-corrected chi connectivity index (χ0v) is 9.91. The van der Waals surface area contributed by atoms with E-state index in [2.05, 4.69) is 13.0 Å². The van der Waals surface area contributed by atoms with E-state index in [4.69, 9.17) is 0 Å². The molecular weight excluding hydrogens is 184 g/mol. The van der Waals surface area contributed by atoms with Crippen LogP contribution in [0, 0.1) is 11.8 Å². The third-order valence-corrected chi connectivity index (χ3v) is 4.26. The summed E-state index contributed by atoms with van der Waals surface area (Å²) in [6.07, 6.45) is 12.4. The van der Waals surface area contributed by atoms with Crippen LogP contribution in [0.2, 0.25) is 0 Å². The SMILES string of the molecule is CCC1CCCC(C2=CC(O)CCC2)C1. The molecule has 0 bridgehead atoms. The molecule has 0 amide bonds. The fraction of sp³-hybridized carbons (Fsp3) is 0.857. The average Bonchev–Trinajstić information content (AvgIpc) is 2.29. The predicted molar refractivity (Wildman–Crippen MR) is 63.7 cm³/mol. The topological polar surface area (TPSA) is 20.2 Å². The Balaban J connectivity index is 1.97. The Hall–Kier alpha value is -0.300. The van der Waals surface area contributed by atoms with Crippen LogP contribution in [0.5, 0.6) is 0 Å². The summed E-state index contributed by atoms with van der Waals surface area (Å²) in [5.41, 5.74) is 1.58. The van der Waals surface area contributed by atoms with E-state index in [9.17, 15) is 5.11 Å². The van der Waals surface area contributed by atoms with E-state index < -0.39 is 0 Å². The molecule has 2 aliphatic carbocycles. The van der Waals surface area contributed by atoms with Crippen LogP contribution in [0.25, 0.3) is 0 Å². The third-order valence-electron chi connectivity index (χ3n) is 4.26. The van der Waals surface area contributed by atoms with Gasteiger partial charge in [-0.05, 0) is 43.9 Å². The highest BCUT2D eigenvalue weighted by Crippen LogP contribution is 2.38. The first-order valence-corrected chi connectivity index (χ1v) is 6.68. The zero-order chi connectivity index (χ0) is 10.7. The second kappa shape index (κ2) is 5.16. The van der Waals surface area contributed by atoms with E-state index in [0.717, 1.165) is 18.3 Å². The van der Waals surface area contributed by atoms with Crippen molar-refractivity contribution in [1.82, 2.24) is 0 Å². The standard InChI is InChI=1S/C14H24O/c1-2-11-5-3-6-12(9-11)13-7-4-8-14(15)10-13/h10-12,14-15H,2-9H2,1H3. The maximum atomic E-state index is 9.66. The summed E-state index contributed by atoms with van der Waals surface area (Å²) in [7, 11) is 0. The molecule has 1 saturated carbocycles. The molecule has 0 saturated heterocycles. The van der Waals surface area contributed by atoms with Gasteiger partial charge in [-0.25, -0.2) is 0 Å². The van der Waals surface area contributed by atoms with Crippen LogP contribution in [-0.2, 0) is 0 Å². The molecule has 1 fully saturated rings. The van der Waals surface area contributed by atoms with Crippen molar-refractivity contribution in [3.63, 3.8) is 0 Å². The van der Waals surface area contributed by atoms with Gasteiger partial charge in [-0.15, -0.1) is 0 Å². The van der Waals surface area contributed by atoms with Crippen LogP contribution < -0.4 is 0 Å². The summed E-state index contributed by atoms with van der Waals surface area (Å²) in [5, 5.41) is 9.66. The zero-order valence-electron chi connectivity index (χ0n) is 9.91. The maximum absolute atomic E-state index is 9.66. The van der Waals surface area contributed by atoms with Gasteiger partial charge in [-0.3, -0.25) is 0 Å². The largest absolute Gasteiger partial charge is 0.389 e. The van der Waals surface area contributed by atoms with Crippen molar-refractivity contribution in [3.05, 3.63) is 11.6 Å². The van der Waals surface area contributed by atoms with Crippen LogP contribution in [0.4, 0.5) is 0 Å². The molecule has 2 rings (SSSR count). The molecule has 15 heavy (non-hydrogen) atoms. The molecule has 0 aromatic heterocycles. The van der Waals surface area contributed by atoms with Crippen LogP contribution in [0.1, 0.15) is 58.3 Å². The molecule has 0 aliphatic heterocycles. The Morgan fingerprint density at radius 2 is 2.13 bits per heavy atom. The van der Waals surface area contributed by atoms with Crippen molar-refractivity contribution < 1.29 is 5.11 Å². The summed E-state index contributed by atoms with van der Waals surface area (Å²) in [6, 6.07) is 0. The van der Waals surface area contributed by atoms with Gasteiger partial charge in [0.25, 0.3) is 0 Å². The molecule has 0 radical (unpaired) electrons. The van der Waals surface area contributed by atoms with Gasteiger partial charge in [0.2, 0.25) is 0 Å². The van der Waals surface area contributed by atoms with Gasteiger partial charge in [-0.2, -0.15) is 0 Å². The molecule has 1 nitrogen and oxygen atoms in total. The summed E-state index contributed by atoms with van der Waals surface area (Å²) < 4.78 is 0. The first-order valence-electron chi connectivity index (χ1n) is 6.68. The van der Waals surface area contributed by atoms with Crippen molar-refractivity contribution in [1.29, 1.82) is 0 Å². The predicted octanol–water partition coefficient (Wildman–Crippen LogP) is 3.67. The lowest BCUT2D eigenvalue weighted by Crippen LogP contribution is -2.20. The molecule has 3 atom stereocenters. The van der Waals surface area contributed by atoms with Gasteiger partial charge in [0, 0.05) is 0 Å². The molecule has 0 aromatic rings. The Labute approximate surface area is 93.6 Å². The Morgan fingerprint density at radius 1 is 1.27 bits per heavy atom. The molecule has 0 spiro atoms. The number of hydrogen-bond donors (Lipinski definition) is 1. The normalized spacial score (nSPS) is 37.5. The molecule has 1 N–H and O–H groups in total. The van der Waals surface area contributed by atoms with E-state index >= 15 is 0 Å². The van der Waals surface area contributed by atoms with Gasteiger partial charge in [0.15, 0.2) is 0 Å².